The van der Waals surface area contributed by atoms with E-state index in [2.05, 4.69) is 9.17 Å². The molecule has 0 fully saturated rings. The number of hydrogen-bond acceptors (Lipinski definition) is 4. The molecule has 0 amide bonds. The van der Waals surface area contributed by atoms with Gasteiger partial charge in [-0.25, -0.2) is 4.39 Å². The average Bonchev–Trinajstić information content (AvgIpc) is 2.16. The second-order valence-corrected chi connectivity index (χ2v) is 4.60. The van der Waals surface area contributed by atoms with Crippen LogP contribution in [0.4, 0.5) is 17.6 Å². The summed E-state index contributed by atoms with van der Waals surface area (Å²) >= 11 is 0. The van der Waals surface area contributed by atoms with Crippen molar-refractivity contribution in [2.45, 2.75) is 18.5 Å². The van der Waals surface area contributed by atoms with Gasteiger partial charge in [0.2, 0.25) is 0 Å². The van der Waals surface area contributed by atoms with Crippen molar-refractivity contribution in [1.82, 2.24) is 4.98 Å². The zero-order valence-electron chi connectivity index (χ0n) is 8.40. The molecule has 0 spiro atoms. The van der Waals surface area contributed by atoms with Gasteiger partial charge in [-0.05, 0) is 19.1 Å². The number of hydrogen-bond donors (Lipinski definition) is 0. The van der Waals surface area contributed by atoms with Crippen LogP contribution in [0.3, 0.4) is 0 Å². The maximum atomic E-state index is 12.5. The highest BCUT2D eigenvalue weighted by molar-refractivity contribution is 7.87. The monoisotopic (exact) mass is 273 g/mol. The summed E-state index contributed by atoms with van der Waals surface area (Å²) in [5.74, 6) is -0.695. The number of rotatable bonds is 3. The summed E-state index contributed by atoms with van der Waals surface area (Å²) in [6, 6.07) is 1.97. The van der Waals surface area contributed by atoms with Crippen molar-refractivity contribution < 1.29 is 30.2 Å². The Balaban J connectivity index is 2.87. The SMILES string of the molecule is CC(OS(=O)(=O)C(F)(F)F)c1ccc(F)cn1. The maximum Gasteiger partial charge on any atom is 0.523 e. The Labute approximate surface area is 94.4 Å². The van der Waals surface area contributed by atoms with Crippen LogP contribution in [-0.2, 0) is 14.3 Å². The van der Waals surface area contributed by atoms with Crippen LogP contribution in [-0.4, -0.2) is 18.9 Å². The van der Waals surface area contributed by atoms with E-state index in [4.69, 9.17) is 0 Å². The lowest BCUT2D eigenvalue weighted by Crippen LogP contribution is -2.26. The molecule has 0 bridgehead atoms. The third-order valence-electron chi connectivity index (χ3n) is 1.72. The molecule has 17 heavy (non-hydrogen) atoms. The molecular formula is C8H7F4NO3S. The van der Waals surface area contributed by atoms with Crippen LogP contribution in [0, 0.1) is 5.82 Å². The molecule has 96 valence electrons. The number of pyridine rings is 1. The Hall–Kier alpha value is -1.22. The molecule has 0 aliphatic carbocycles. The van der Waals surface area contributed by atoms with Crippen LogP contribution in [0.1, 0.15) is 18.7 Å². The number of nitrogens with zero attached hydrogens (tertiary/aromatic N) is 1. The minimum absolute atomic E-state index is 0.126. The molecule has 0 saturated carbocycles. The van der Waals surface area contributed by atoms with E-state index >= 15 is 0 Å². The highest BCUT2D eigenvalue weighted by Gasteiger charge is 2.48. The first kappa shape index (κ1) is 13.8. The van der Waals surface area contributed by atoms with Gasteiger partial charge in [-0.15, -0.1) is 0 Å². The molecule has 1 rings (SSSR count). The van der Waals surface area contributed by atoms with Gasteiger partial charge in [0, 0.05) is 0 Å². The Bertz CT molecular complexity index is 482. The van der Waals surface area contributed by atoms with E-state index in [0.29, 0.717) is 0 Å². The largest absolute Gasteiger partial charge is 0.523 e. The molecule has 1 aromatic rings. The van der Waals surface area contributed by atoms with Gasteiger partial charge in [0.25, 0.3) is 0 Å². The lowest BCUT2D eigenvalue weighted by atomic mass is 10.2. The molecular weight excluding hydrogens is 266 g/mol. The van der Waals surface area contributed by atoms with Gasteiger partial charge in [-0.2, -0.15) is 21.6 Å². The van der Waals surface area contributed by atoms with Gasteiger partial charge in [-0.1, -0.05) is 0 Å². The van der Waals surface area contributed by atoms with E-state index < -0.39 is 27.5 Å². The fourth-order valence-electron chi connectivity index (χ4n) is 0.922. The summed E-state index contributed by atoms with van der Waals surface area (Å²) in [5.41, 5.74) is -5.62. The van der Waals surface area contributed by atoms with Crippen LogP contribution in [0.2, 0.25) is 0 Å². The molecule has 1 atom stereocenters. The molecule has 1 heterocycles. The minimum Gasteiger partial charge on any atom is -0.255 e. The fraction of sp³-hybridized carbons (Fsp3) is 0.375. The van der Waals surface area contributed by atoms with Crippen molar-refractivity contribution in [3.63, 3.8) is 0 Å². The van der Waals surface area contributed by atoms with Crippen molar-refractivity contribution in [2.24, 2.45) is 0 Å². The molecule has 0 N–H and O–H groups in total. The molecule has 4 nitrogen and oxygen atoms in total. The summed E-state index contributed by atoms with van der Waals surface area (Å²) in [4.78, 5) is 3.41. The van der Waals surface area contributed by atoms with E-state index in [-0.39, 0.29) is 5.69 Å². The average molecular weight is 273 g/mol. The van der Waals surface area contributed by atoms with Gasteiger partial charge in [0.15, 0.2) is 0 Å². The summed E-state index contributed by atoms with van der Waals surface area (Å²) in [5, 5.41) is 0. The molecule has 0 aliphatic rings. The third-order valence-corrected chi connectivity index (χ3v) is 2.83. The van der Waals surface area contributed by atoms with Crippen molar-refractivity contribution in [2.75, 3.05) is 0 Å². The van der Waals surface area contributed by atoms with Gasteiger partial charge in [-0.3, -0.25) is 9.17 Å². The predicted octanol–water partition coefficient (Wildman–Crippen LogP) is 2.15. The summed E-state index contributed by atoms with van der Waals surface area (Å²) < 4.78 is 73.6. The lowest BCUT2D eigenvalue weighted by Gasteiger charge is -2.13. The normalized spacial score (nSPS) is 14.6. The maximum absolute atomic E-state index is 12.5. The predicted molar refractivity (Wildman–Crippen MR) is 48.7 cm³/mol. The number of aromatic nitrogens is 1. The molecule has 1 unspecified atom stereocenters. The van der Waals surface area contributed by atoms with E-state index in [0.717, 1.165) is 25.3 Å². The molecule has 0 aromatic carbocycles. The van der Waals surface area contributed by atoms with Crippen molar-refractivity contribution in [1.29, 1.82) is 0 Å². The third kappa shape index (κ3) is 3.37. The van der Waals surface area contributed by atoms with Crippen LogP contribution in [0.15, 0.2) is 18.3 Å². The smallest absolute Gasteiger partial charge is 0.255 e. The zero-order chi connectivity index (χ0) is 13.3. The van der Waals surface area contributed by atoms with E-state index in [1.165, 1.54) is 0 Å². The van der Waals surface area contributed by atoms with E-state index in [1.54, 1.807) is 0 Å². The van der Waals surface area contributed by atoms with Crippen LogP contribution in [0.5, 0.6) is 0 Å². The highest BCUT2D eigenvalue weighted by Crippen LogP contribution is 2.29. The van der Waals surface area contributed by atoms with Crippen LogP contribution < -0.4 is 0 Å². The van der Waals surface area contributed by atoms with Gasteiger partial charge < -0.3 is 0 Å². The summed E-state index contributed by atoms with van der Waals surface area (Å²) in [6.45, 7) is 1.06. The minimum atomic E-state index is -5.69. The second kappa shape index (κ2) is 4.57. The Morgan fingerprint density at radius 3 is 2.35 bits per heavy atom. The standard InChI is InChI=1S/C8H7F4NO3S/c1-5(7-3-2-6(9)4-13-7)16-17(14,15)8(10,11)12/h2-5H,1H3. The molecule has 1 aromatic heterocycles. The Morgan fingerprint density at radius 1 is 1.35 bits per heavy atom. The molecule has 0 saturated heterocycles. The number of alkyl halides is 3. The first-order valence-corrected chi connectivity index (χ1v) is 5.65. The first-order valence-electron chi connectivity index (χ1n) is 4.24. The van der Waals surface area contributed by atoms with Gasteiger partial charge in [0.1, 0.15) is 11.9 Å². The van der Waals surface area contributed by atoms with Gasteiger partial charge >= 0.3 is 15.6 Å². The quantitative estimate of drug-likeness (QED) is 0.481. The highest BCUT2D eigenvalue weighted by atomic mass is 32.2. The lowest BCUT2D eigenvalue weighted by molar-refractivity contribution is -0.0570. The van der Waals surface area contributed by atoms with E-state index in [1.807, 2.05) is 0 Å². The summed E-state index contributed by atoms with van der Waals surface area (Å²) in [7, 11) is -5.69. The molecule has 0 radical (unpaired) electrons. The Kier molecular flexibility index (Phi) is 3.72. The first-order chi connectivity index (χ1) is 7.63. The molecule has 9 heteroatoms. The van der Waals surface area contributed by atoms with Crippen molar-refractivity contribution in [3.8, 4) is 0 Å². The van der Waals surface area contributed by atoms with Gasteiger partial charge in [0.05, 0.1) is 11.9 Å². The fourth-order valence-corrected chi connectivity index (χ4v) is 1.51. The van der Waals surface area contributed by atoms with E-state index in [9.17, 15) is 26.0 Å². The van der Waals surface area contributed by atoms with Crippen LogP contribution in [0.25, 0.3) is 0 Å². The zero-order valence-corrected chi connectivity index (χ0v) is 9.22. The topological polar surface area (TPSA) is 56.3 Å². The van der Waals surface area contributed by atoms with Crippen LogP contribution >= 0.6 is 0 Å². The molecule has 0 aliphatic heterocycles. The summed E-state index contributed by atoms with van der Waals surface area (Å²) in [6.07, 6.45) is -0.711. The number of halogens is 4. The van der Waals surface area contributed by atoms with Crippen molar-refractivity contribution >= 4 is 10.1 Å². The Morgan fingerprint density at radius 2 is 1.94 bits per heavy atom. The van der Waals surface area contributed by atoms with Crippen molar-refractivity contribution in [3.05, 3.63) is 29.8 Å². The second-order valence-electron chi connectivity index (χ2n) is 3.04.